The molecule has 0 unspecified atom stereocenters. The van der Waals surface area contributed by atoms with Gasteiger partial charge in [-0.3, -0.25) is 0 Å². The van der Waals surface area contributed by atoms with E-state index < -0.39 is 0 Å². The van der Waals surface area contributed by atoms with Crippen LogP contribution in [0.3, 0.4) is 0 Å². The molecule has 116 valence electrons. The van der Waals surface area contributed by atoms with Gasteiger partial charge in [0, 0.05) is 0 Å². The van der Waals surface area contributed by atoms with Gasteiger partial charge < -0.3 is 5.32 Å². The van der Waals surface area contributed by atoms with Crippen LogP contribution in [0.4, 0.5) is 0 Å². The average Bonchev–Trinajstić information content (AvgIpc) is 2.43. The van der Waals surface area contributed by atoms with Crippen LogP contribution >= 0.6 is 11.8 Å². The van der Waals surface area contributed by atoms with Crippen molar-refractivity contribution in [1.82, 2.24) is 5.32 Å². The van der Waals surface area contributed by atoms with Gasteiger partial charge in [-0.1, -0.05) is 64.7 Å². The Labute approximate surface area is 126 Å². The lowest BCUT2D eigenvalue weighted by atomic mass is 10.1. The quantitative estimate of drug-likeness (QED) is 0.369. The molecule has 0 amide bonds. The highest BCUT2D eigenvalue weighted by Crippen LogP contribution is 2.08. The largest absolute Gasteiger partial charge is 0.317 e. The molecule has 0 heterocycles. The molecule has 0 fully saturated rings. The van der Waals surface area contributed by atoms with E-state index in [4.69, 9.17) is 0 Å². The number of rotatable bonds is 16. The first-order valence-electron chi connectivity index (χ1n) is 8.61. The summed E-state index contributed by atoms with van der Waals surface area (Å²) in [5.41, 5.74) is 0. The first-order chi connectivity index (χ1) is 9.41. The van der Waals surface area contributed by atoms with E-state index in [1.807, 2.05) is 11.8 Å². The molecule has 0 atom stereocenters. The fourth-order valence-corrected chi connectivity index (χ4v) is 2.85. The normalized spacial score (nSPS) is 11.1. The van der Waals surface area contributed by atoms with Crippen LogP contribution in [0.2, 0.25) is 0 Å². The monoisotopic (exact) mass is 287 g/mol. The molecule has 0 spiro atoms. The Kier molecular flexibility index (Phi) is 18.6. The highest BCUT2D eigenvalue weighted by atomic mass is 32.2. The zero-order valence-electron chi connectivity index (χ0n) is 13.5. The lowest BCUT2D eigenvalue weighted by Crippen LogP contribution is -2.16. The Morgan fingerprint density at radius 3 is 1.63 bits per heavy atom. The zero-order valence-corrected chi connectivity index (χ0v) is 14.3. The van der Waals surface area contributed by atoms with Crippen LogP contribution in [0.1, 0.15) is 84.0 Å². The lowest BCUT2D eigenvalue weighted by molar-refractivity contribution is 0.543. The van der Waals surface area contributed by atoms with E-state index in [1.165, 1.54) is 95.9 Å². The van der Waals surface area contributed by atoms with E-state index in [-0.39, 0.29) is 0 Å². The molecular weight excluding hydrogens is 250 g/mol. The summed E-state index contributed by atoms with van der Waals surface area (Å²) >= 11 is 1.97. The maximum Gasteiger partial charge on any atom is -0.00489 e. The molecule has 2 heteroatoms. The second-order valence-corrected chi connectivity index (χ2v) is 6.62. The molecule has 0 saturated carbocycles. The van der Waals surface area contributed by atoms with Gasteiger partial charge in [0.25, 0.3) is 0 Å². The summed E-state index contributed by atoms with van der Waals surface area (Å²) in [6.07, 6.45) is 19.2. The minimum atomic E-state index is 1.23. The maximum absolute atomic E-state index is 3.58. The van der Waals surface area contributed by atoms with Crippen LogP contribution in [-0.2, 0) is 0 Å². The summed E-state index contributed by atoms with van der Waals surface area (Å²) in [5, 5.41) is 3.58. The smallest absolute Gasteiger partial charge is 0.00489 e. The van der Waals surface area contributed by atoms with Crippen molar-refractivity contribution >= 4 is 11.8 Å². The van der Waals surface area contributed by atoms with Crippen molar-refractivity contribution in [1.29, 1.82) is 0 Å². The summed E-state index contributed by atoms with van der Waals surface area (Å²) < 4.78 is 0. The molecule has 1 N–H and O–H groups in total. The van der Waals surface area contributed by atoms with Crippen LogP contribution in [-0.4, -0.2) is 25.1 Å². The van der Waals surface area contributed by atoms with Gasteiger partial charge in [0.2, 0.25) is 0 Å². The van der Waals surface area contributed by atoms with Gasteiger partial charge in [-0.2, -0.15) is 11.8 Å². The van der Waals surface area contributed by atoms with E-state index in [0.29, 0.717) is 0 Å². The van der Waals surface area contributed by atoms with E-state index >= 15 is 0 Å². The van der Waals surface area contributed by atoms with Crippen LogP contribution in [0.5, 0.6) is 0 Å². The van der Waals surface area contributed by atoms with Crippen molar-refractivity contribution < 1.29 is 0 Å². The second kappa shape index (κ2) is 18.3. The molecule has 0 aliphatic rings. The predicted octanol–water partition coefficient (Wildman–Crippen LogP) is 5.64. The Hall–Kier alpha value is 0.310. The molecular formula is C17H37NS. The number of unbranched alkanes of at least 4 members (excludes halogenated alkanes) is 10. The first-order valence-corrected chi connectivity index (χ1v) is 10.0. The minimum absolute atomic E-state index is 1.23. The van der Waals surface area contributed by atoms with Gasteiger partial charge in [0.1, 0.15) is 0 Å². The summed E-state index contributed by atoms with van der Waals surface area (Å²) in [6.45, 7) is 4.75. The third-order valence-corrected chi connectivity index (χ3v) is 4.36. The van der Waals surface area contributed by atoms with E-state index in [1.54, 1.807) is 0 Å². The Balaban J connectivity index is 2.88. The zero-order chi connectivity index (χ0) is 14.0. The van der Waals surface area contributed by atoms with Gasteiger partial charge in [0.15, 0.2) is 0 Å². The summed E-state index contributed by atoms with van der Waals surface area (Å²) in [7, 11) is 0. The molecule has 19 heavy (non-hydrogen) atoms. The third-order valence-electron chi connectivity index (χ3n) is 3.66. The summed E-state index contributed by atoms with van der Waals surface area (Å²) in [6, 6.07) is 0. The molecule has 0 aromatic rings. The number of hydrogen-bond donors (Lipinski definition) is 1. The second-order valence-electron chi connectivity index (χ2n) is 5.63. The van der Waals surface area contributed by atoms with Gasteiger partial charge in [-0.25, -0.2) is 0 Å². The molecule has 0 bridgehead atoms. The van der Waals surface area contributed by atoms with Crippen molar-refractivity contribution in [2.75, 3.05) is 25.1 Å². The fraction of sp³-hybridized carbons (Fsp3) is 1.00. The van der Waals surface area contributed by atoms with E-state index in [0.717, 1.165) is 0 Å². The van der Waals surface area contributed by atoms with Crippen molar-refractivity contribution in [3.8, 4) is 0 Å². The number of thioether (sulfide) groups is 1. The van der Waals surface area contributed by atoms with Gasteiger partial charge >= 0.3 is 0 Å². The van der Waals surface area contributed by atoms with Gasteiger partial charge in [-0.15, -0.1) is 0 Å². The molecule has 0 rings (SSSR count). The van der Waals surface area contributed by atoms with Crippen LogP contribution in [0.25, 0.3) is 0 Å². The summed E-state index contributed by atoms with van der Waals surface area (Å²) in [5.74, 6) is 1.34. The average molecular weight is 288 g/mol. The minimum Gasteiger partial charge on any atom is -0.317 e. The molecule has 0 saturated heterocycles. The third kappa shape index (κ3) is 18.3. The molecule has 1 nitrogen and oxygen atoms in total. The lowest BCUT2D eigenvalue weighted by Gasteiger charge is -2.05. The maximum atomic E-state index is 3.58. The molecule has 0 aromatic carbocycles. The molecule has 0 aromatic heterocycles. The highest BCUT2D eigenvalue weighted by molar-refractivity contribution is 7.98. The van der Waals surface area contributed by atoms with Crippen LogP contribution < -0.4 is 5.32 Å². The Morgan fingerprint density at radius 1 is 0.632 bits per heavy atom. The van der Waals surface area contributed by atoms with Gasteiger partial charge in [-0.05, 0) is 44.4 Å². The summed E-state index contributed by atoms with van der Waals surface area (Å²) in [4.78, 5) is 0. The molecule has 0 aliphatic heterocycles. The molecule has 0 aliphatic carbocycles. The van der Waals surface area contributed by atoms with Crippen molar-refractivity contribution in [2.24, 2.45) is 0 Å². The number of hydrogen-bond acceptors (Lipinski definition) is 2. The topological polar surface area (TPSA) is 12.0 Å². The SMILES string of the molecule is CCCCCCCCCCNCCCCCCSC. The first kappa shape index (κ1) is 19.3. The van der Waals surface area contributed by atoms with Crippen LogP contribution in [0.15, 0.2) is 0 Å². The molecule has 0 radical (unpaired) electrons. The predicted molar refractivity (Wildman–Crippen MR) is 92.3 cm³/mol. The Morgan fingerprint density at radius 2 is 1.11 bits per heavy atom. The standard InChI is InChI=1S/C17H37NS/c1-3-4-5-6-7-8-9-12-15-18-16-13-10-11-14-17-19-2/h18H,3-17H2,1-2H3. The Bertz CT molecular complexity index is 134. The van der Waals surface area contributed by atoms with Crippen molar-refractivity contribution in [2.45, 2.75) is 84.0 Å². The van der Waals surface area contributed by atoms with Gasteiger partial charge in [0.05, 0.1) is 0 Å². The van der Waals surface area contributed by atoms with Crippen LogP contribution in [0, 0.1) is 0 Å². The number of nitrogens with one attached hydrogen (secondary N) is 1. The highest BCUT2D eigenvalue weighted by Gasteiger charge is 1.93. The van der Waals surface area contributed by atoms with E-state index in [9.17, 15) is 0 Å². The van der Waals surface area contributed by atoms with E-state index in [2.05, 4.69) is 18.5 Å². The van der Waals surface area contributed by atoms with Crippen molar-refractivity contribution in [3.05, 3.63) is 0 Å². The van der Waals surface area contributed by atoms with Crippen molar-refractivity contribution in [3.63, 3.8) is 0 Å². The fourth-order valence-electron chi connectivity index (χ4n) is 2.36.